The molecule has 9 heteroatoms. The smallest absolute Gasteiger partial charge is 0.321 e. The summed E-state index contributed by atoms with van der Waals surface area (Å²) >= 11 is 3.57. The van der Waals surface area contributed by atoms with E-state index in [-0.39, 0.29) is 6.03 Å². The largest absolute Gasteiger partial charge is 0.370 e. The zero-order valence-electron chi connectivity index (χ0n) is 19.9. The number of fused-ring (bicyclic) bond motifs is 1. The van der Waals surface area contributed by atoms with Crippen LogP contribution in [0.15, 0.2) is 65.3 Å². The predicted octanol–water partition coefficient (Wildman–Crippen LogP) is 5.69. The van der Waals surface area contributed by atoms with E-state index in [2.05, 4.69) is 56.8 Å². The van der Waals surface area contributed by atoms with Crippen LogP contribution in [0.2, 0.25) is 0 Å². The van der Waals surface area contributed by atoms with Crippen molar-refractivity contribution in [1.82, 2.24) is 19.5 Å². The Labute approximate surface area is 218 Å². The van der Waals surface area contributed by atoms with Crippen LogP contribution in [-0.2, 0) is 0 Å². The van der Waals surface area contributed by atoms with E-state index in [1.165, 1.54) is 0 Å². The highest BCUT2D eigenvalue weighted by molar-refractivity contribution is 9.10. The van der Waals surface area contributed by atoms with E-state index >= 15 is 0 Å². The summed E-state index contributed by atoms with van der Waals surface area (Å²) in [6.07, 6.45) is 3.74. The van der Waals surface area contributed by atoms with Crippen LogP contribution in [0.5, 0.6) is 0 Å². The van der Waals surface area contributed by atoms with E-state index in [1.54, 1.807) is 30.5 Å². The number of urea groups is 1. The quantitative estimate of drug-likeness (QED) is 0.336. The predicted molar refractivity (Wildman–Crippen MR) is 144 cm³/mol. The van der Waals surface area contributed by atoms with Crippen LogP contribution >= 0.6 is 15.9 Å². The molecule has 36 heavy (non-hydrogen) atoms. The molecule has 0 saturated carbocycles. The number of anilines is 2. The number of halogens is 1. The minimum Gasteiger partial charge on any atom is -0.370 e. The third-order valence-electron chi connectivity index (χ3n) is 6.49. The average molecular weight is 544 g/mol. The lowest BCUT2D eigenvalue weighted by atomic mass is 9.98. The minimum absolute atomic E-state index is 0.117. The minimum atomic E-state index is -0.117. The van der Waals surface area contributed by atoms with Gasteiger partial charge in [-0.2, -0.15) is 14.9 Å². The molecule has 182 valence electrons. The standard InChI is InChI=1S/C27H26BrN7O/c1-18-5-2-3-7-22(18)24-13-25(35-26(33-24)23(28)16-31-35)30-15-20-6-4-12-34(17-20)27(36)32-21-10-8-19(14-29)9-11-21/h2-3,5,7-11,13,16,20,30H,4,6,12,15,17H2,1H3,(H,32,36). The first kappa shape index (κ1) is 23.8. The second-order valence-electron chi connectivity index (χ2n) is 9.02. The first-order valence-corrected chi connectivity index (χ1v) is 12.7. The van der Waals surface area contributed by atoms with Crippen molar-refractivity contribution in [2.75, 3.05) is 30.3 Å². The van der Waals surface area contributed by atoms with Crippen molar-refractivity contribution in [3.8, 4) is 17.3 Å². The lowest BCUT2D eigenvalue weighted by Gasteiger charge is -2.33. The molecule has 1 aliphatic rings. The molecule has 8 nitrogen and oxygen atoms in total. The van der Waals surface area contributed by atoms with E-state index in [4.69, 9.17) is 10.2 Å². The Balaban J connectivity index is 1.29. The Bertz CT molecular complexity index is 1440. The topological polar surface area (TPSA) is 98.3 Å². The number of amides is 2. The summed E-state index contributed by atoms with van der Waals surface area (Å²) in [4.78, 5) is 19.6. The Hall–Kier alpha value is -3.90. The molecular weight excluding hydrogens is 518 g/mol. The fraction of sp³-hybridized carbons (Fsp3) is 0.259. The third kappa shape index (κ3) is 5.04. The molecule has 0 radical (unpaired) electrons. The lowest BCUT2D eigenvalue weighted by molar-refractivity contribution is 0.180. The van der Waals surface area contributed by atoms with Crippen molar-refractivity contribution >= 4 is 39.1 Å². The highest BCUT2D eigenvalue weighted by atomic mass is 79.9. The van der Waals surface area contributed by atoms with Crippen LogP contribution in [0.3, 0.4) is 0 Å². The van der Waals surface area contributed by atoms with Crippen LogP contribution in [0.25, 0.3) is 16.9 Å². The number of piperidine rings is 1. The normalized spacial score (nSPS) is 15.5. The number of nitriles is 1. The van der Waals surface area contributed by atoms with Crippen LogP contribution in [0, 0.1) is 24.2 Å². The number of nitrogens with one attached hydrogen (secondary N) is 2. The van der Waals surface area contributed by atoms with Crippen LogP contribution in [-0.4, -0.2) is 45.2 Å². The zero-order chi connectivity index (χ0) is 25.1. The molecule has 2 aromatic carbocycles. The van der Waals surface area contributed by atoms with Gasteiger partial charge in [0.1, 0.15) is 5.82 Å². The Kier molecular flexibility index (Phi) is 6.87. The molecule has 0 bridgehead atoms. The van der Waals surface area contributed by atoms with Gasteiger partial charge >= 0.3 is 6.03 Å². The van der Waals surface area contributed by atoms with Crippen LogP contribution in [0.4, 0.5) is 16.3 Å². The summed E-state index contributed by atoms with van der Waals surface area (Å²) in [7, 11) is 0. The van der Waals surface area contributed by atoms with Gasteiger partial charge in [0.2, 0.25) is 0 Å². The van der Waals surface area contributed by atoms with E-state index in [1.807, 2.05) is 27.6 Å². The SMILES string of the molecule is Cc1ccccc1-c1cc(NCC2CCCN(C(=O)Nc3ccc(C#N)cc3)C2)n2ncc(Br)c2n1. The number of nitrogens with zero attached hydrogens (tertiary/aromatic N) is 5. The molecule has 1 saturated heterocycles. The Morgan fingerprint density at radius 3 is 2.81 bits per heavy atom. The fourth-order valence-corrected chi connectivity index (χ4v) is 4.90. The number of likely N-dealkylation sites (tertiary alicyclic amines) is 1. The van der Waals surface area contributed by atoms with Crippen molar-refractivity contribution < 1.29 is 4.79 Å². The molecule has 1 fully saturated rings. The highest BCUT2D eigenvalue weighted by Gasteiger charge is 2.24. The first-order chi connectivity index (χ1) is 17.5. The zero-order valence-corrected chi connectivity index (χ0v) is 21.5. The molecule has 1 aliphatic heterocycles. The van der Waals surface area contributed by atoms with Gasteiger partial charge in [-0.15, -0.1) is 0 Å². The molecule has 0 spiro atoms. The fourth-order valence-electron chi connectivity index (χ4n) is 4.56. The van der Waals surface area contributed by atoms with E-state index in [0.29, 0.717) is 30.3 Å². The first-order valence-electron chi connectivity index (χ1n) is 11.9. The number of hydrogen-bond donors (Lipinski definition) is 2. The van der Waals surface area contributed by atoms with E-state index < -0.39 is 0 Å². The van der Waals surface area contributed by atoms with Gasteiger partial charge in [-0.25, -0.2) is 9.78 Å². The number of benzene rings is 2. The van der Waals surface area contributed by atoms with Crippen LogP contribution in [0.1, 0.15) is 24.0 Å². The number of aromatic nitrogens is 3. The Morgan fingerprint density at radius 1 is 1.22 bits per heavy atom. The number of carbonyl (C=O) groups is 1. The third-order valence-corrected chi connectivity index (χ3v) is 7.05. The average Bonchev–Trinajstić information content (AvgIpc) is 3.28. The molecule has 4 aromatic rings. The van der Waals surface area contributed by atoms with Crippen molar-refractivity contribution in [1.29, 1.82) is 5.26 Å². The number of hydrogen-bond acceptors (Lipinski definition) is 5. The maximum atomic E-state index is 12.9. The second-order valence-corrected chi connectivity index (χ2v) is 9.88. The van der Waals surface area contributed by atoms with E-state index in [0.717, 1.165) is 52.1 Å². The van der Waals surface area contributed by atoms with Gasteiger partial charge in [0, 0.05) is 37.0 Å². The molecule has 2 N–H and O–H groups in total. The molecular formula is C27H26BrN7O. The number of aryl methyl sites for hydroxylation is 1. The van der Waals surface area contributed by atoms with Crippen molar-refractivity contribution in [3.63, 3.8) is 0 Å². The molecule has 1 unspecified atom stereocenters. The molecule has 2 aromatic heterocycles. The van der Waals surface area contributed by atoms with E-state index in [9.17, 15) is 4.79 Å². The molecule has 0 aliphatic carbocycles. The van der Waals surface area contributed by atoms with Gasteiger partial charge in [0.05, 0.1) is 28.0 Å². The molecule has 3 heterocycles. The number of rotatable bonds is 5. The Morgan fingerprint density at radius 2 is 2.03 bits per heavy atom. The summed E-state index contributed by atoms with van der Waals surface area (Å²) in [5.41, 5.74) is 5.14. The number of carbonyl (C=O) groups excluding carboxylic acids is 1. The van der Waals surface area contributed by atoms with Crippen molar-refractivity contribution in [2.24, 2.45) is 5.92 Å². The van der Waals surface area contributed by atoms with Crippen molar-refractivity contribution in [3.05, 3.63) is 76.4 Å². The summed E-state index contributed by atoms with van der Waals surface area (Å²) in [5, 5.41) is 20.0. The maximum absolute atomic E-state index is 12.9. The molecule has 5 rings (SSSR count). The molecule has 1 atom stereocenters. The van der Waals surface area contributed by atoms with Crippen molar-refractivity contribution in [2.45, 2.75) is 19.8 Å². The van der Waals surface area contributed by atoms with Gasteiger partial charge in [-0.1, -0.05) is 24.3 Å². The summed E-state index contributed by atoms with van der Waals surface area (Å²) < 4.78 is 2.65. The summed E-state index contributed by atoms with van der Waals surface area (Å²) in [6.45, 7) is 4.18. The summed E-state index contributed by atoms with van der Waals surface area (Å²) in [5.74, 6) is 1.16. The summed E-state index contributed by atoms with van der Waals surface area (Å²) in [6, 6.07) is 19.1. The second kappa shape index (κ2) is 10.4. The molecule has 2 amide bonds. The lowest BCUT2D eigenvalue weighted by Crippen LogP contribution is -2.44. The van der Waals surface area contributed by atoms with Crippen LogP contribution < -0.4 is 10.6 Å². The maximum Gasteiger partial charge on any atom is 0.321 e. The monoisotopic (exact) mass is 543 g/mol. The highest BCUT2D eigenvalue weighted by Crippen LogP contribution is 2.28. The van der Waals surface area contributed by atoms with Gasteiger partial charge < -0.3 is 15.5 Å². The van der Waals surface area contributed by atoms with Gasteiger partial charge in [0.25, 0.3) is 0 Å². The van der Waals surface area contributed by atoms with Gasteiger partial charge in [-0.05, 0) is 71.4 Å². The van der Waals surface area contributed by atoms with Gasteiger partial charge in [-0.3, -0.25) is 0 Å². The van der Waals surface area contributed by atoms with Gasteiger partial charge in [0.15, 0.2) is 5.65 Å².